The zero-order valence-electron chi connectivity index (χ0n) is 14.6. The van der Waals surface area contributed by atoms with Crippen LogP contribution in [0.5, 0.6) is 0 Å². The van der Waals surface area contributed by atoms with E-state index in [0.29, 0.717) is 0 Å². The third-order valence-electron chi connectivity index (χ3n) is 3.16. The first-order valence-electron chi connectivity index (χ1n) is 7.69. The first-order chi connectivity index (χ1) is 12.9. The van der Waals surface area contributed by atoms with E-state index in [9.17, 15) is 24.0 Å². The van der Waals surface area contributed by atoms with Gasteiger partial charge in [0.05, 0.1) is 13.1 Å². The van der Waals surface area contributed by atoms with Crippen LogP contribution < -0.4 is 0 Å². The van der Waals surface area contributed by atoms with Crippen molar-refractivity contribution in [3.8, 4) is 0 Å². The Balaban J connectivity index is 4.69. The molecule has 2 N–H and O–H groups in total. The van der Waals surface area contributed by atoms with Crippen molar-refractivity contribution in [1.29, 1.82) is 0 Å². The Morgan fingerprint density at radius 3 is 1.33 bits per heavy atom. The predicted octanol–water partition coefficient (Wildman–Crippen LogP) is -2.55. The molecule has 0 aliphatic rings. The van der Waals surface area contributed by atoms with E-state index in [1.807, 2.05) is 0 Å². The van der Waals surface area contributed by atoms with Crippen molar-refractivity contribution in [2.24, 2.45) is 0 Å². The van der Waals surface area contributed by atoms with Crippen molar-refractivity contribution in [1.82, 2.24) is 14.7 Å². The summed E-state index contributed by atoms with van der Waals surface area (Å²) in [5.74, 6) is -2.34. The number of aliphatic carboxylic acids is 2. The molecule has 0 rings (SSSR count). The Morgan fingerprint density at radius 1 is 0.630 bits per heavy atom. The second kappa shape index (κ2) is 15.5. The van der Waals surface area contributed by atoms with Crippen LogP contribution in [0.3, 0.4) is 0 Å². The Bertz CT molecular complexity index is 448. The molecule has 0 saturated heterocycles. The summed E-state index contributed by atoms with van der Waals surface area (Å²) in [7, 11) is 0. The van der Waals surface area contributed by atoms with Crippen molar-refractivity contribution < 1.29 is 48.4 Å². The zero-order chi connectivity index (χ0) is 20.5. The summed E-state index contributed by atoms with van der Waals surface area (Å²) in [5, 5.41) is 17.7. The molecule has 0 aliphatic carbocycles. The number of rotatable bonds is 19. The fourth-order valence-corrected chi connectivity index (χ4v) is 1.98. The number of nitrogens with zero attached hydrogens (tertiary/aromatic N) is 3. The molecule has 0 spiro atoms. The maximum absolute atomic E-state index is 10.8. The highest BCUT2D eigenvalue weighted by molar-refractivity contribution is 5.72. The summed E-state index contributed by atoms with van der Waals surface area (Å²) in [4.78, 5) is 56.9. The summed E-state index contributed by atoms with van der Waals surface area (Å²) in [6.07, 6.45) is 0. The standard InChI is InChI=1S/C14H23N3O10/c18-10-25-7-15(1-3-16(5-13(21)22)6-14(23)24)2-4-17(8-26-11-19)9-27-12-20/h10-12H,1-9H2,(H,21,22)(H,23,24). The van der Waals surface area contributed by atoms with Crippen molar-refractivity contribution >= 4 is 31.4 Å². The lowest BCUT2D eigenvalue weighted by atomic mass is 10.4. The van der Waals surface area contributed by atoms with Crippen LogP contribution in [-0.2, 0) is 38.2 Å². The van der Waals surface area contributed by atoms with E-state index in [-0.39, 0.29) is 65.8 Å². The lowest BCUT2D eigenvalue weighted by Gasteiger charge is -2.27. The lowest BCUT2D eigenvalue weighted by molar-refractivity contribution is -0.144. The van der Waals surface area contributed by atoms with Crippen LogP contribution in [0.15, 0.2) is 0 Å². The molecule has 13 heteroatoms. The second-order valence-corrected chi connectivity index (χ2v) is 5.19. The minimum absolute atomic E-state index is 0.0937. The van der Waals surface area contributed by atoms with Gasteiger partial charge in [-0.05, 0) is 0 Å². The van der Waals surface area contributed by atoms with Gasteiger partial charge in [0, 0.05) is 26.2 Å². The molecule has 0 amide bonds. The Morgan fingerprint density at radius 2 is 0.963 bits per heavy atom. The maximum Gasteiger partial charge on any atom is 0.317 e. The van der Waals surface area contributed by atoms with Gasteiger partial charge >= 0.3 is 11.9 Å². The smallest absolute Gasteiger partial charge is 0.317 e. The third kappa shape index (κ3) is 14.1. The molecule has 0 aromatic rings. The number of carbonyl (C=O) groups excluding carboxylic acids is 3. The van der Waals surface area contributed by atoms with Crippen LogP contribution >= 0.6 is 0 Å². The molecular formula is C14H23N3O10. The molecule has 13 nitrogen and oxygen atoms in total. The SMILES string of the molecule is O=COCN(CCN(COC=O)COC=O)CCN(CC(=O)O)CC(=O)O. The van der Waals surface area contributed by atoms with Gasteiger partial charge in [-0.1, -0.05) is 0 Å². The van der Waals surface area contributed by atoms with Gasteiger partial charge in [-0.2, -0.15) is 0 Å². The first kappa shape index (κ1) is 24.2. The highest BCUT2D eigenvalue weighted by atomic mass is 16.6. The molecule has 154 valence electrons. The number of carboxylic acid groups (broad SMARTS) is 2. The van der Waals surface area contributed by atoms with Crippen molar-refractivity contribution in [2.75, 3.05) is 59.5 Å². The Kier molecular flexibility index (Phi) is 13.9. The highest BCUT2D eigenvalue weighted by Crippen LogP contribution is 1.97. The molecular weight excluding hydrogens is 370 g/mol. The zero-order valence-corrected chi connectivity index (χ0v) is 14.6. The normalized spacial score (nSPS) is 10.6. The number of carboxylic acids is 2. The van der Waals surface area contributed by atoms with Crippen molar-refractivity contribution in [3.05, 3.63) is 0 Å². The first-order valence-corrected chi connectivity index (χ1v) is 7.69. The van der Waals surface area contributed by atoms with Gasteiger partial charge in [-0.25, -0.2) is 4.90 Å². The average molecular weight is 393 g/mol. The maximum atomic E-state index is 10.8. The van der Waals surface area contributed by atoms with Crippen LogP contribution in [0.1, 0.15) is 0 Å². The summed E-state index contributed by atoms with van der Waals surface area (Å²) < 4.78 is 13.9. The van der Waals surface area contributed by atoms with E-state index >= 15 is 0 Å². The molecule has 0 radical (unpaired) electrons. The quantitative estimate of drug-likeness (QED) is 0.134. The van der Waals surface area contributed by atoms with E-state index in [0.717, 1.165) is 0 Å². The van der Waals surface area contributed by atoms with Crippen LogP contribution in [0.4, 0.5) is 0 Å². The van der Waals surface area contributed by atoms with E-state index in [2.05, 4.69) is 14.2 Å². The van der Waals surface area contributed by atoms with Crippen molar-refractivity contribution in [2.45, 2.75) is 0 Å². The molecule has 0 atom stereocenters. The van der Waals surface area contributed by atoms with E-state index in [4.69, 9.17) is 10.2 Å². The Hall–Kier alpha value is -2.77. The number of ether oxygens (including phenoxy) is 3. The minimum atomic E-state index is -1.17. The molecule has 0 heterocycles. The van der Waals surface area contributed by atoms with E-state index in [1.54, 1.807) is 4.90 Å². The minimum Gasteiger partial charge on any atom is -0.480 e. The summed E-state index contributed by atoms with van der Waals surface area (Å²) in [6.45, 7) is 0.218. The van der Waals surface area contributed by atoms with Crippen molar-refractivity contribution in [3.63, 3.8) is 0 Å². The van der Waals surface area contributed by atoms with Gasteiger partial charge in [0.2, 0.25) is 0 Å². The Labute approximate surface area is 154 Å². The van der Waals surface area contributed by atoms with Gasteiger partial charge in [-0.3, -0.25) is 33.8 Å². The predicted molar refractivity (Wildman–Crippen MR) is 86.0 cm³/mol. The van der Waals surface area contributed by atoms with E-state index < -0.39 is 25.0 Å². The van der Waals surface area contributed by atoms with E-state index in [1.165, 1.54) is 9.80 Å². The monoisotopic (exact) mass is 393 g/mol. The third-order valence-corrected chi connectivity index (χ3v) is 3.16. The fourth-order valence-electron chi connectivity index (χ4n) is 1.98. The molecule has 0 aliphatic heterocycles. The van der Waals surface area contributed by atoms with Gasteiger partial charge in [0.1, 0.15) is 20.2 Å². The largest absolute Gasteiger partial charge is 0.480 e. The summed E-state index contributed by atoms with van der Waals surface area (Å²) >= 11 is 0. The lowest BCUT2D eigenvalue weighted by Crippen LogP contribution is -2.43. The van der Waals surface area contributed by atoms with Crippen LogP contribution in [0, 0.1) is 0 Å². The molecule has 0 unspecified atom stereocenters. The topological polar surface area (TPSA) is 163 Å². The molecule has 0 bridgehead atoms. The number of hydrogen-bond acceptors (Lipinski definition) is 11. The molecule has 0 fully saturated rings. The number of carbonyl (C=O) groups is 5. The van der Waals surface area contributed by atoms with Gasteiger partial charge in [0.25, 0.3) is 19.4 Å². The fraction of sp³-hybridized carbons (Fsp3) is 0.643. The molecule has 27 heavy (non-hydrogen) atoms. The molecule has 0 aromatic carbocycles. The van der Waals surface area contributed by atoms with Gasteiger partial charge in [-0.15, -0.1) is 0 Å². The average Bonchev–Trinajstić information content (AvgIpc) is 2.61. The summed E-state index contributed by atoms with van der Waals surface area (Å²) in [6, 6.07) is 0. The van der Waals surface area contributed by atoms with Crippen LogP contribution in [-0.4, -0.2) is 116 Å². The molecule has 0 aromatic heterocycles. The van der Waals surface area contributed by atoms with Crippen LogP contribution in [0.2, 0.25) is 0 Å². The summed E-state index contributed by atoms with van der Waals surface area (Å²) in [5.41, 5.74) is 0. The molecule has 0 saturated carbocycles. The van der Waals surface area contributed by atoms with Gasteiger partial charge in [0.15, 0.2) is 0 Å². The van der Waals surface area contributed by atoms with Gasteiger partial charge < -0.3 is 24.4 Å². The second-order valence-electron chi connectivity index (χ2n) is 5.19. The number of hydrogen-bond donors (Lipinski definition) is 2. The highest BCUT2D eigenvalue weighted by Gasteiger charge is 2.16. The van der Waals surface area contributed by atoms with Crippen LogP contribution in [0.25, 0.3) is 0 Å².